The molecule has 0 aromatic carbocycles. The quantitative estimate of drug-likeness (QED) is 0.0649. The molecule has 0 bridgehead atoms. The molecule has 11 atom stereocenters. The van der Waals surface area contributed by atoms with Crippen LogP contribution in [0.1, 0.15) is 80.6 Å². The van der Waals surface area contributed by atoms with Crippen LogP contribution in [-0.2, 0) is 33.3 Å². The number of rotatable bonds is 15. The van der Waals surface area contributed by atoms with Gasteiger partial charge in [0.2, 0.25) is 0 Å². The maximum absolute atomic E-state index is 12.9. The van der Waals surface area contributed by atoms with Gasteiger partial charge in [-0.25, -0.2) is 0 Å². The number of carbonyl (C=O) groups excluding carboxylic acids is 2. The summed E-state index contributed by atoms with van der Waals surface area (Å²) < 4.78 is 28.7. The van der Waals surface area contributed by atoms with Gasteiger partial charge < -0.3 is 44.3 Å². The highest BCUT2D eigenvalue weighted by molar-refractivity contribution is 5.70. The lowest BCUT2D eigenvalue weighted by atomic mass is 9.87. The number of methoxy groups -OCH3 is 1. The minimum absolute atomic E-state index is 0.0518. The summed E-state index contributed by atoms with van der Waals surface area (Å²) in [6.07, 6.45) is 7.59. The topological polar surface area (TPSA) is 160 Å². The number of carbonyl (C=O) groups is 2. The number of epoxide rings is 1. The van der Waals surface area contributed by atoms with Crippen molar-refractivity contribution in [2.45, 2.75) is 134 Å². The lowest BCUT2D eigenvalue weighted by Crippen LogP contribution is -2.53. The summed E-state index contributed by atoms with van der Waals surface area (Å²) in [5, 5.41) is 37.1. The van der Waals surface area contributed by atoms with Crippen molar-refractivity contribution in [1.29, 1.82) is 0 Å². The molecule has 4 N–H and O–H groups in total. The van der Waals surface area contributed by atoms with E-state index in [2.05, 4.69) is 24.1 Å². The Morgan fingerprint density at radius 2 is 1.94 bits per heavy atom. The van der Waals surface area contributed by atoms with Gasteiger partial charge in [0.1, 0.15) is 23.9 Å². The molecule has 0 aliphatic carbocycles. The molecule has 0 aromatic heterocycles. The van der Waals surface area contributed by atoms with Crippen molar-refractivity contribution in [2.24, 2.45) is 11.8 Å². The summed E-state index contributed by atoms with van der Waals surface area (Å²) in [5.41, 5.74) is -2.03. The summed E-state index contributed by atoms with van der Waals surface area (Å²) in [6, 6.07) is -0.382. The van der Waals surface area contributed by atoms with E-state index in [1.54, 1.807) is 51.3 Å². The molecule has 50 heavy (non-hydrogen) atoms. The fourth-order valence-electron chi connectivity index (χ4n) is 7.06. The molecule has 0 aromatic rings. The SMILES string of the molecule is CC[C@H](OC)[C@@H](C)[C@H]1O[C@@H]1C(NCCCN1CCOCC1)C(C)(O)/C=C/C=C(\C)[C@H]1OC(=O)C[C@H](O)CC[C@@](C)(O)[C@@H](OC(C)=O)/C=C/[C@@H]1C. The Labute approximate surface area is 299 Å². The number of hydrogen-bond donors (Lipinski definition) is 4. The van der Waals surface area contributed by atoms with Crippen LogP contribution in [0.4, 0.5) is 0 Å². The first-order valence-corrected chi connectivity index (χ1v) is 18.3. The third kappa shape index (κ3) is 12.8. The number of cyclic esters (lactones) is 1. The first kappa shape index (κ1) is 42.3. The van der Waals surface area contributed by atoms with Gasteiger partial charge in [-0.1, -0.05) is 45.1 Å². The van der Waals surface area contributed by atoms with Crippen molar-refractivity contribution < 1.29 is 48.6 Å². The number of aliphatic hydroxyl groups excluding tert-OH is 1. The van der Waals surface area contributed by atoms with E-state index in [0.717, 1.165) is 45.7 Å². The van der Waals surface area contributed by atoms with Gasteiger partial charge in [-0.15, -0.1) is 0 Å². The minimum Gasteiger partial charge on any atom is -0.457 e. The Balaban J connectivity index is 1.80. The van der Waals surface area contributed by atoms with Gasteiger partial charge in [0.25, 0.3) is 0 Å². The van der Waals surface area contributed by atoms with E-state index < -0.39 is 41.5 Å². The standard InChI is InChI=1S/C38H64N2O10/c1-9-30(46-8)27(4)34-35(50-34)36(39-18-11-19-40-20-22-47-23-21-40)38(7,45)16-10-12-25(2)33-26(3)13-14-31(48-28(5)41)37(6,44)17-15-29(42)24-32(43)49-33/h10,12-14,16,26-27,29-31,33-36,39,42,44-45H,9,11,15,17-24H2,1-8H3/b14-13+,16-10+,25-12+/t26-,27+,29+,30-,31-,33+,34+,35-,36?,37+,38?/m0/s1. The second-order valence-corrected chi connectivity index (χ2v) is 14.8. The maximum atomic E-state index is 12.9. The Bertz CT molecular complexity index is 1160. The number of esters is 2. The minimum atomic E-state index is -1.45. The van der Waals surface area contributed by atoms with Crippen LogP contribution in [0.15, 0.2) is 36.0 Å². The van der Waals surface area contributed by atoms with Gasteiger partial charge >= 0.3 is 11.9 Å². The average molecular weight is 709 g/mol. The fourth-order valence-corrected chi connectivity index (χ4v) is 7.06. The molecule has 2 fully saturated rings. The molecule has 0 saturated carbocycles. The van der Waals surface area contributed by atoms with Crippen LogP contribution in [0.3, 0.4) is 0 Å². The number of aliphatic hydroxyl groups is 3. The predicted molar refractivity (Wildman–Crippen MR) is 190 cm³/mol. The molecule has 12 nitrogen and oxygen atoms in total. The van der Waals surface area contributed by atoms with E-state index in [1.165, 1.54) is 6.92 Å². The Kier molecular flexibility index (Phi) is 16.6. The largest absolute Gasteiger partial charge is 0.457 e. The van der Waals surface area contributed by atoms with Crippen LogP contribution in [0.25, 0.3) is 0 Å². The van der Waals surface area contributed by atoms with E-state index in [4.69, 9.17) is 23.7 Å². The van der Waals surface area contributed by atoms with Gasteiger partial charge in [-0.05, 0) is 71.2 Å². The zero-order chi connectivity index (χ0) is 37.1. The number of ether oxygens (including phenoxy) is 5. The van der Waals surface area contributed by atoms with Crippen molar-refractivity contribution in [3.63, 3.8) is 0 Å². The number of nitrogens with zero attached hydrogens (tertiary/aromatic N) is 1. The highest BCUT2D eigenvalue weighted by Crippen LogP contribution is 2.39. The average Bonchev–Trinajstić information content (AvgIpc) is 3.85. The van der Waals surface area contributed by atoms with Crippen LogP contribution in [0.2, 0.25) is 0 Å². The second kappa shape index (κ2) is 19.6. The fraction of sp³-hybridized carbons (Fsp3) is 0.789. The van der Waals surface area contributed by atoms with E-state index in [1.807, 2.05) is 13.8 Å². The molecule has 286 valence electrons. The number of hydrogen-bond acceptors (Lipinski definition) is 12. The third-order valence-electron chi connectivity index (χ3n) is 10.3. The van der Waals surface area contributed by atoms with Crippen LogP contribution < -0.4 is 5.32 Å². The van der Waals surface area contributed by atoms with Crippen molar-refractivity contribution in [2.75, 3.05) is 46.5 Å². The van der Waals surface area contributed by atoms with Crippen LogP contribution in [0.5, 0.6) is 0 Å². The van der Waals surface area contributed by atoms with Gasteiger partial charge in [0.15, 0.2) is 0 Å². The first-order chi connectivity index (χ1) is 23.6. The Morgan fingerprint density at radius 1 is 1.24 bits per heavy atom. The molecule has 0 radical (unpaired) electrons. The summed E-state index contributed by atoms with van der Waals surface area (Å²) in [4.78, 5) is 27.1. The number of allylic oxidation sites excluding steroid dienone is 2. The normalized spacial score (nSPS) is 34.1. The molecule has 3 aliphatic heterocycles. The van der Waals surface area contributed by atoms with Crippen LogP contribution >= 0.6 is 0 Å². The molecule has 0 spiro atoms. The highest BCUT2D eigenvalue weighted by Gasteiger charge is 2.54. The second-order valence-electron chi connectivity index (χ2n) is 14.8. The maximum Gasteiger partial charge on any atom is 0.309 e. The van der Waals surface area contributed by atoms with Gasteiger partial charge in [-0.2, -0.15) is 0 Å². The third-order valence-corrected chi connectivity index (χ3v) is 10.3. The van der Waals surface area contributed by atoms with Crippen LogP contribution in [-0.4, -0.2) is 133 Å². The molecule has 2 unspecified atom stereocenters. The highest BCUT2D eigenvalue weighted by atomic mass is 16.6. The van der Waals surface area contributed by atoms with Gasteiger partial charge in [-0.3, -0.25) is 14.5 Å². The summed E-state index contributed by atoms with van der Waals surface area (Å²) >= 11 is 0. The van der Waals surface area contributed by atoms with E-state index in [-0.39, 0.29) is 55.5 Å². The summed E-state index contributed by atoms with van der Waals surface area (Å²) in [6.45, 7) is 17.5. The predicted octanol–water partition coefficient (Wildman–Crippen LogP) is 3.08. The molecule has 3 aliphatic rings. The molecule has 3 rings (SSSR count). The molecule has 12 heteroatoms. The van der Waals surface area contributed by atoms with E-state index in [0.29, 0.717) is 12.1 Å². The van der Waals surface area contributed by atoms with Crippen molar-refractivity contribution >= 4 is 11.9 Å². The van der Waals surface area contributed by atoms with Crippen molar-refractivity contribution in [3.8, 4) is 0 Å². The van der Waals surface area contributed by atoms with E-state index in [9.17, 15) is 24.9 Å². The molecule has 3 heterocycles. The Hall–Kier alpha value is -2.16. The van der Waals surface area contributed by atoms with Crippen molar-refractivity contribution in [1.82, 2.24) is 10.2 Å². The monoisotopic (exact) mass is 708 g/mol. The van der Waals surface area contributed by atoms with Crippen molar-refractivity contribution in [3.05, 3.63) is 36.0 Å². The lowest BCUT2D eigenvalue weighted by molar-refractivity contribution is -0.157. The zero-order valence-corrected chi connectivity index (χ0v) is 31.5. The number of nitrogens with one attached hydrogen (secondary N) is 1. The smallest absolute Gasteiger partial charge is 0.309 e. The Morgan fingerprint density at radius 3 is 2.58 bits per heavy atom. The summed E-state index contributed by atoms with van der Waals surface area (Å²) in [7, 11) is 1.72. The molecule has 0 amide bonds. The zero-order valence-electron chi connectivity index (χ0n) is 31.5. The summed E-state index contributed by atoms with van der Waals surface area (Å²) in [5.74, 6) is -1.31. The number of morpholine rings is 1. The molecular weight excluding hydrogens is 644 g/mol. The lowest BCUT2D eigenvalue weighted by Gasteiger charge is -2.32. The van der Waals surface area contributed by atoms with Gasteiger partial charge in [0, 0.05) is 39.0 Å². The van der Waals surface area contributed by atoms with Crippen LogP contribution in [0, 0.1) is 11.8 Å². The molecular formula is C38H64N2O10. The van der Waals surface area contributed by atoms with Gasteiger partial charge in [0.05, 0.1) is 49.6 Å². The molecule has 2 saturated heterocycles. The van der Waals surface area contributed by atoms with E-state index >= 15 is 0 Å². The first-order valence-electron chi connectivity index (χ1n) is 18.3.